The summed E-state index contributed by atoms with van der Waals surface area (Å²) in [6.07, 6.45) is 0. The summed E-state index contributed by atoms with van der Waals surface area (Å²) in [5.41, 5.74) is 3.25. The van der Waals surface area contributed by atoms with Crippen molar-refractivity contribution in [3.63, 3.8) is 0 Å². The van der Waals surface area contributed by atoms with Crippen LogP contribution in [0.1, 0.15) is 17.1 Å². The number of hydrogen-bond donors (Lipinski definition) is 1. The summed E-state index contributed by atoms with van der Waals surface area (Å²) in [5, 5.41) is 7.58. The molecule has 0 fully saturated rings. The van der Waals surface area contributed by atoms with Crippen LogP contribution in [-0.4, -0.2) is 16.8 Å². The first kappa shape index (κ1) is 11.0. The second-order valence-corrected chi connectivity index (χ2v) is 3.97. The van der Waals surface area contributed by atoms with Gasteiger partial charge in [0.1, 0.15) is 11.5 Å². The Morgan fingerprint density at radius 3 is 2.69 bits per heavy atom. The Morgan fingerprint density at radius 1 is 1.38 bits per heavy atom. The number of nitrogens with zero attached hydrogens (tertiary/aromatic N) is 2. The van der Waals surface area contributed by atoms with Gasteiger partial charge in [0, 0.05) is 13.6 Å². The summed E-state index contributed by atoms with van der Waals surface area (Å²) in [7, 11) is 3.89. The summed E-state index contributed by atoms with van der Waals surface area (Å²) < 4.78 is 7.57. The van der Waals surface area contributed by atoms with E-state index >= 15 is 0 Å². The fraction of sp³-hybridized carbons (Fsp3) is 0.417. The SMILES string of the molecule is CNCc1c(-c2ccc(C)o2)c(C)nn1C. The second-order valence-electron chi connectivity index (χ2n) is 3.97. The molecule has 0 unspecified atom stereocenters. The number of aromatic nitrogens is 2. The molecule has 0 bridgehead atoms. The van der Waals surface area contributed by atoms with E-state index in [0.717, 1.165) is 35.0 Å². The minimum absolute atomic E-state index is 0.784. The molecular formula is C12H17N3O. The van der Waals surface area contributed by atoms with Gasteiger partial charge in [-0.3, -0.25) is 4.68 Å². The van der Waals surface area contributed by atoms with Crippen LogP contribution < -0.4 is 5.32 Å². The highest BCUT2D eigenvalue weighted by atomic mass is 16.3. The quantitative estimate of drug-likeness (QED) is 0.858. The Bertz CT molecular complexity index is 496. The highest BCUT2D eigenvalue weighted by molar-refractivity contribution is 5.63. The van der Waals surface area contributed by atoms with Crippen molar-refractivity contribution in [1.82, 2.24) is 15.1 Å². The molecule has 0 saturated heterocycles. The summed E-state index contributed by atoms with van der Waals surface area (Å²) >= 11 is 0. The van der Waals surface area contributed by atoms with Crippen LogP contribution in [-0.2, 0) is 13.6 Å². The Hall–Kier alpha value is -1.55. The summed E-state index contributed by atoms with van der Waals surface area (Å²) in [6.45, 7) is 4.74. The van der Waals surface area contributed by atoms with E-state index in [4.69, 9.17) is 4.42 Å². The van der Waals surface area contributed by atoms with E-state index in [-0.39, 0.29) is 0 Å². The normalized spacial score (nSPS) is 11.0. The fourth-order valence-electron chi connectivity index (χ4n) is 1.97. The Kier molecular flexibility index (Phi) is 2.83. The van der Waals surface area contributed by atoms with Gasteiger partial charge in [-0.15, -0.1) is 0 Å². The molecule has 16 heavy (non-hydrogen) atoms. The lowest BCUT2D eigenvalue weighted by Gasteiger charge is -2.03. The van der Waals surface area contributed by atoms with E-state index in [1.807, 2.05) is 44.8 Å². The van der Waals surface area contributed by atoms with Crippen molar-refractivity contribution in [3.05, 3.63) is 29.3 Å². The van der Waals surface area contributed by atoms with Crippen molar-refractivity contribution < 1.29 is 4.42 Å². The fourth-order valence-corrected chi connectivity index (χ4v) is 1.97. The van der Waals surface area contributed by atoms with Gasteiger partial charge in [-0.05, 0) is 33.0 Å². The van der Waals surface area contributed by atoms with E-state index in [2.05, 4.69) is 10.4 Å². The first-order chi connectivity index (χ1) is 7.63. The monoisotopic (exact) mass is 219 g/mol. The standard InChI is InChI=1S/C12H17N3O/c1-8-5-6-11(16-8)12-9(2)14-15(4)10(12)7-13-3/h5-6,13H,7H2,1-4H3. The van der Waals surface area contributed by atoms with Crippen molar-refractivity contribution in [2.75, 3.05) is 7.05 Å². The molecule has 2 heterocycles. The molecule has 1 N–H and O–H groups in total. The first-order valence-electron chi connectivity index (χ1n) is 5.37. The average molecular weight is 219 g/mol. The molecule has 4 nitrogen and oxygen atoms in total. The molecule has 2 aromatic heterocycles. The molecule has 2 rings (SSSR count). The number of furan rings is 1. The molecule has 0 radical (unpaired) electrons. The second kappa shape index (κ2) is 4.14. The zero-order chi connectivity index (χ0) is 11.7. The number of hydrogen-bond acceptors (Lipinski definition) is 3. The summed E-state index contributed by atoms with van der Waals surface area (Å²) in [5.74, 6) is 1.82. The predicted molar refractivity (Wildman–Crippen MR) is 63.1 cm³/mol. The molecule has 0 aliphatic heterocycles. The van der Waals surface area contributed by atoms with Crippen LogP contribution in [0.5, 0.6) is 0 Å². The molecule has 0 aliphatic rings. The molecule has 0 atom stereocenters. The van der Waals surface area contributed by atoms with Crippen LogP contribution in [0.3, 0.4) is 0 Å². The summed E-state index contributed by atoms with van der Waals surface area (Å²) in [6, 6.07) is 3.98. The third kappa shape index (κ3) is 1.76. The predicted octanol–water partition coefficient (Wildman–Crippen LogP) is 2.02. The van der Waals surface area contributed by atoms with Crippen LogP contribution in [0.15, 0.2) is 16.5 Å². The van der Waals surface area contributed by atoms with E-state index in [1.165, 1.54) is 0 Å². The lowest BCUT2D eigenvalue weighted by atomic mass is 10.1. The van der Waals surface area contributed by atoms with Crippen molar-refractivity contribution in [2.45, 2.75) is 20.4 Å². The maximum atomic E-state index is 5.67. The van der Waals surface area contributed by atoms with E-state index < -0.39 is 0 Å². The van der Waals surface area contributed by atoms with Gasteiger partial charge in [-0.2, -0.15) is 5.10 Å². The maximum absolute atomic E-state index is 5.67. The first-order valence-corrected chi connectivity index (χ1v) is 5.37. The third-order valence-electron chi connectivity index (χ3n) is 2.67. The lowest BCUT2D eigenvalue weighted by molar-refractivity contribution is 0.546. The van der Waals surface area contributed by atoms with E-state index in [1.54, 1.807) is 0 Å². The van der Waals surface area contributed by atoms with Gasteiger partial charge in [0.25, 0.3) is 0 Å². The number of rotatable bonds is 3. The van der Waals surface area contributed by atoms with E-state index in [0.29, 0.717) is 0 Å². The van der Waals surface area contributed by atoms with Gasteiger partial charge in [-0.25, -0.2) is 0 Å². The lowest BCUT2D eigenvalue weighted by Crippen LogP contribution is -2.10. The minimum atomic E-state index is 0.784. The Labute approximate surface area is 95.3 Å². The third-order valence-corrected chi connectivity index (χ3v) is 2.67. The Morgan fingerprint density at radius 2 is 2.12 bits per heavy atom. The highest BCUT2D eigenvalue weighted by Gasteiger charge is 2.16. The zero-order valence-corrected chi connectivity index (χ0v) is 10.2. The van der Waals surface area contributed by atoms with Crippen LogP contribution in [0.4, 0.5) is 0 Å². The number of nitrogens with one attached hydrogen (secondary N) is 1. The van der Waals surface area contributed by atoms with Crippen LogP contribution in [0.2, 0.25) is 0 Å². The van der Waals surface area contributed by atoms with Gasteiger partial charge in [0.05, 0.1) is 17.0 Å². The largest absolute Gasteiger partial charge is 0.461 e. The molecule has 86 valence electrons. The van der Waals surface area contributed by atoms with Crippen LogP contribution in [0, 0.1) is 13.8 Å². The average Bonchev–Trinajstić information content (AvgIpc) is 2.73. The summed E-state index contributed by atoms with van der Waals surface area (Å²) in [4.78, 5) is 0. The van der Waals surface area contributed by atoms with Crippen LogP contribution in [0.25, 0.3) is 11.3 Å². The Balaban J connectivity index is 2.54. The van der Waals surface area contributed by atoms with Crippen molar-refractivity contribution in [1.29, 1.82) is 0 Å². The molecule has 0 amide bonds. The van der Waals surface area contributed by atoms with Gasteiger partial charge < -0.3 is 9.73 Å². The van der Waals surface area contributed by atoms with E-state index in [9.17, 15) is 0 Å². The molecule has 0 aromatic carbocycles. The van der Waals surface area contributed by atoms with Gasteiger partial charge >= 0.3 is 0 Å². The van der Waals surface area contributed by atoms with Gasteiger partial charge in [0.2, 0.25) is 0 Å². The van der Waals surface area contributed by atoms with Crippen LogP contribution >= 0.6 is 0 Å². The van der Waals surface area contributed by atoms with Gasteiger partial charge in [0.15, 0.2) is 0 Å². The zero-order valence-electron chi connectivity index (χ0n) is 10.2. The molecular weight excluding hydrogens is 202 g/mol. The van der Waals surface area contributed by atoms with Crippen molar-refractivity contribution in [3.8, 4) is 11.3 Å². The van der Waals surface area contributed by atoms with Gasteiger partial charge in [-0.1, -0.05) is 0 Å². The molecule has 0 aliphatic carbocycles. The molecule has 2 aromatic rings. The minimum Gasteiger partial charge on any atom is -0.461 e. The topological polar surface area (TPSA) is 43.0 Å². The highest BCUT2D eigenvalue weighted by Crippen LogP contribution is 2.28. The smallest absolute Gasteiger partial charge is 0.138 e. The number of aryl methyl sites for hydroxylation is 3. The van der Waals surface area contributed by atoms with Crippen molar-refractivity contribution in [2.24, 2.45) is 7.05 Å². The maximum Gasteiger partial charge on any atom is 0.138 e. The molecule has 0 spiro atoms. The molecule has 0 saturated carbocycles. The molecule has 4 heteroatoms. The van der Waals surface area contributed by atoms with Crippen molar-refractivity contribution >= 4 is 0 Å².